The quantitative estimate of drug-likeness (QED) is 0.328. The molecule has 1 aromatic heterocycles. The van der Waals surface area contributed by atoms with Gasteiger partial charge >= 0.3 is 0 Å². The first kappa shape index (κ1) is 15.9. The molecule has 3 nitrogen and oxygen atoms in total. The van der Waals surface area contributed by atoms with Gasteiger partial charge in [0.2, 0.25) is 5.78 Å². The molecule has 23 heavy (non-hydrogen) atoms. The first-order valence-corrected chi connectivity index (χ1v) is 8.42. The van der Waals surface area contributed by atoms with Gasteiger partial charge in [0.25, 0.3) is 0 Å². The zero-order valence-corrected chi connectivity index (χ0v) is 15.0. The fourth-order valence-electron chi connectivity index (χ4n) is 2.40. The number of benzene rings is 2. The van der Waals surface area contributed by atoms with Crippen molar-refractivity contribution in [2.24, 2.45) is 0 Å². The highest BCUT2D eigenvalue weighted by Gasteiger charge is 2.17. The van der Waals surface area contributed by atoms with E-state index in [1.54, 1.807) is 10.6 Å². The minimum Gasteiger partial charge on any atom is -0.306 e. The van der Waals surface area contributed by atoms with Crippen LogP contribution in [0.15, 0.2) is 69.6 Å². The Morgan fingerprint density at radius 2 is 1.39 bits per heavy atom. The van der Waals surface area contributed by atoms with E-state index in [-0.39, 0.29) is 0 Å². The van der Waals surface area contributed by atoms with Crippen molar-refractivity contribution in [3.63, 3.8) is 0 Å². The van der Waals surface area contributed by atoms with Crippen molar-refractivity contribution in [3.05, 3.63) is 75.3 Å². The molecule has 114 valence electrons. The van der Waals surface area contributed by atoms with Gasteiger partial charge in [-0.1, -0.05) is 44.0 Å². The van der Waals surface area contributed by atoms with Crippen molar-refractivity contribution in [2.45, 2.75) is 0 Å². The van der Waals surface area contributed by atoms with Crippen LogP contribution in [-0.4, -0.2) is 16.6 Å². The maximum atomic E-state index is 12.0. The van der Waals surface area contributed by atoms with Crippen LogP contribution in [0.2, 0.25) is 0 Å². The maximum Gasteiger partial charge on any atom is 0.242 e. The van der Waals surface area contributed by atoms with Crippen LogP contribution in [0.25, 0.3) is 16.9 Å². The predicted octanol–water partition coefficient (Wildman–Crippen LogP) is 5.05. The largest absolute Gasteiger partial charge is 0.306 e. The van der Waals surface area contributed by atoms with E-state index in [0.717, 1.165) is 25.9 Å². The summed E-state index contributed by atoms with van der Waals surface area (Å²) in [5.41, 5.74) is 2.98. The number of aromatic nitrogens is 1. The van der Waals surface area contributed by atoms with Gasteiger partial charge in [-0.15, -0.1) is 0 Å². The highest BCUT2D eigenvalue weighted by atomic mass is 79.9. The molecule has 0 unspecified atom stereocenters. The zero-order chi connectivity index (χ0) is 16.4. The predicted molar refractivity (Wildman–Crippen MR) is 97.0 cm³/mol. The van der Waals surface area contributed by atoms with Gasteiger partial charge in [-0.25, -0.2) is 0 Å². The first-order valence-electron chi connectivity index (χ1n) is 6.83. The average molecular weight is 433 g/mol. The Labute approximate surface area is 150 Å². The molecule has 0 fully saturated rings. The number of carbonyl (C=O) groups is 2. The second-order valence-electron chi connectivity index (χ2n) is 4.90. The number of halogens is 2. The van der Waals surface area contributed by atoms with Gasteiger partial charge < -0.3 is 4.57 Å². The fraction of sp³-hybridized carbons (Fsp3) is 0. The summed E-state index contributed by atoms with van der Waals surface area (Å²) in [6.07, 6.45) is 0.343. The minimum absolute atomic E-state index is 0.343. The van der Waals surface area contributed by atoms with Crippen molar-refractivity contribution in [3.8, 4) is 16.9 Å². The van der Waals surface area contributed by atoms with Crippen LogP contribution in [0, 0.1) is 0 Å². The Morgan fingerprint density at radius 3 is 1.96 bits per heavy atom. The first-order chi connectivity index (χ1) is 11.1. The van der Waals surface area contributed by atoms with Crippen molar-refractivity contribution < 1.29 is 9.59 Å². The third kappa shape index (κ3) is 3.21. The maximum absolute atomic E-state index is 12.0. The third-order valence-electron chi connectivity index (χ3n) is 3.47. The normalized spacial score (nSPS) is 10.5. The van der Waals surface area contributed by atoms with Crippen LogP contribution in [0.5, 0.6) is 0 Å². The molecule has 0 aliphatic rings. The molecule has 0 radical (unpaired) electrons. The summed E-state index contributed by atoms with van der Waals surface area (Å²) in [4.78, 5) is 22.9. The summed E-state index contributed by atoms with van der Waals surface area (Å²) >= 11 is 6.82. The number of ketones is 1. The summed E-state index contributed by atoms with van der Waals surface area (Å²) < 4.78 is 3.72. The molecule has 3 aromatic rings. The van der Waals surface area contributed by atoms with Gasteiger partial charge in [0, 0.05) is 14.6 Å². The lowest BCUT2D eigenvalue weighted by atomic mass is 10.1. The highest BCUT2D eigenvalue weighted by molar-refractivity contribution is 9.10. The van der Waals surface area contributed by atoms with Crippen molar-refractivity contribution in [1.29, 1.82) is 0 Å². The molecule has 0 N–H and O–H groups in total. The van der Waals surface area contributed by atoms with E-state index in [0.29, 0.717) is 12.0 Å². The number of carbonyl (C=O) groups excluding carboxylic acids is 2. The summed E-state index contributed by atoms with van der Waals surface area (Å²) in [6, 6.07) is 18.9. The second-order valence-corrected chi connectivity index (χ2v) is 6.74. The van der Waals surface area contributed by atoms with Crippen LogP contribution >= 0.6 is 31.9 Å². The number of aldehydes is 1. The number of hydrogen-bond acceptors (Lipinski definition) is 2. The summed E-state index contributed by atoms with van der Waals surface area (Å²) in [5.74, 6) is -0.545. The molecule has 0 bridgehead atoms. The van der Waals surface area contributed by atoms with Crippen LogP contribution in [0.1, 0.15) is 10.5 Å². The minimum atomic E-state index is -0.545. The lowest BCUT2D eigenvalue weighted by Crippen LogP contribution is -2.09. The van der Waals surface area contributed by atoms with Gasteiger partial charge in [0.1, 0.15) is 0 Å². The van der Waals surface area contributed by atoms with Crippen molar-refractivity contribution in [2.75, 3.05) is 0 Å². The topological polar surface area (TPSA) is 39.1 Å². The molecular formula is C18H11Br2NO2. The number of nitrogens with zero attached hydrogens (tertiary/aromatic N) is 1. The van der Waals surface area contributed by atoms with Gasteiger partial charge in [0.15, 0.2) is 6.29 Å². The van der Waals surface area contributed by atoms with Gasteiger partial charge in [0.05, 0.1) is 11.4 Å². The van der Waals surface area contributed by atoms with Crippen molar-refractivity contribution in [1.82, 2.24) is 4.57 Å². The van der Waals surface area contributed by atoms with Crippen molar-refractivity contribution >= 4 is 43.9 Å². The molecule has 0 spiro atoms. The highest BCUT2D eigenvalue weighted by Crippen LogP contribution is 2.28. The molecular weight excluding hydrogens is 422 g/mol. The fourth-order valence-corrected chi connectivity index (χ4v) is 2.93. The lowest BCUT2D eigenvalue weighted by molar-refractivity contribution is -0.104. The average Bonchev–Trinajstić information content (AvgIpc) is 3.00. The van der Waals surface area contributed by atoms with Gasteiger partial charge in [-0.3, -0.25) is 9.59 Å². The number of rotatable bonds is 4. The van der Waals surface area contributed by atoms with E-state index in [4.69, 9.17) is 0 Å². The van der Waals surface area contributed by atoms with E-state index in [9.17, 15) is 9.59 Å². The summed E-state index contributed by atoms with van der Waals surface area (Å²) in [7, 11) is 0. The van der Waals surface area contributed by atoms with Crippen LogP contribution in [-0.2, 0) is 4.79 Å². The smallest absolute Gasteiger partial charge is 0.242 e. The molecule has 0 aliphatic carbocycles. The molecule has 5 heteroatoms. The molecule has 0 saturated heterocycles. The third-order valence-corrected chi connectivity index (χ3v) is 4.52. The Kier molecular flexibility index (Phi) is 4.59. The molecule has 0 amide bonds. The Morgan fingerprint density at radius 1 is 0.826 bits per heavy atom. The lowest BCUT2D eigenvalue weighted by Gasteiger charge is -2.12. The number of Topliss-reactive ketones (excluding diaryl/α,β-unsaturated/α-hetero) is 1. The molecule has 1 heterocycles. The van der Waals surface area contributed by atoms with E-state index >= 15 is 0 Å². The second kappa shape index (κ2) is 6.64. The Bertz CT molecular complexity index is 865. The van der Waals surface area contributed by atoms with Crippen LogP contribution in [0.3, 0.4) is 0 Å². The monoisotopic (exact) mass is 431 g/mol. The SMILES string of the molecule is O=CC(=O)c1ccc(-c2ccc(Br)cc2)n1-c1ccc(Br)cc1. The van der Waals surface area contributed by atoms with E-state index < -0.39 is 5.78 Å². The van der Waals surface area contributed by atoms with E-state index in [1.807, 2.05) is 54.6 Å². The molecule has 0 aliphatic heterocycles. The molecule has 0 atom stereocenters. The molecule has 0 saturated carbocycles. The van der Waals surface area contributed by atoms with E-state index in [1.165, 1.54) is 0 Å². The number of hydrogen-bond donors (Lipinski definition) is 0. The van der Waals surface area contributed by atoms with E-state index in [2.05, 4.69) is 31.9 Å². The summed E-state index contributed by atoms with van der Waals surface area (Å²) in [6.45, 7) is 0. The van der Waals surface area contributed by atoms with Gasteiger partial charge in [-0.2, -0.15) is 0 Å². The van der Waals surface area contributed by atoms with Crippen LogP contribution < -0.4 is 0 Å². The Hall–Kier alpha value is -1.98. The molecule has 2 aromatic carbocycles. The zero-order valence-electron chi connectivity index (χ0n) is 11.9. The van der Waals surface area contributed by atoms with Gasteiger partial charge in [-0.05, 0) is 54.1 Å². The Balaban J connectivity index is 2.22. The standard InChI is InChI=1S/C18H11Br2NO2/c19-13-3-1-12(2-4-13)16-9-10-17(18(23)11-22)21(16)15-7-5-14(20)6-8-15/h1-11H. The summed E-state index contributed by atoms with van der Waals surface area (Å²) in [5, 5.41) is 0. The molecule has 3 rings (SSSR count). The van der Waals surface area contributed by atoms with Crippen LogP contribution in [0.4, 0.5) is 0 Å².